The van der Waals surface area contributed by atoms with Crippen molar-refractivity contribution in [2.75, 3.05) is 0 Å². The van der Waals surface area contributed by atoms with Crippen molar-refractivity contribution in [3.63, 3.8) is 0 Å². The Morgan fingerprint density at radius 1 is 1.11 bits per heavy atom. The summed E-state index contributed by atoms with van der Waals surface area (Å²) in [4.78, 5) is 35.7. The van der Waals surface area contributed by atoms with Crippen molar-refractivity contribution >= 4 is 17.3 Å². The lowest BCUT2D eigenvalue weighted by molar-refractivity contribution is -0.117. The average Bonchev–Trinajstić information content (AvgIpc) is 2.81. The van der Waals surface area contributed by atoms with E-state index in [1.165, 1.54) is 13.0 Å². The summed E-state index contributed by atoms with van der Waals surface area (Å²) in [6.07, 6.45) is 0.592. The van der Waals surface area contributed by atoms with Crippen molar-refractivity contribution in [1.82, 2.24) is 0 Å². The first-order chi connectivity index (χ1) is 8.59. The van der Waals surface area contributed by atoms with Crippen LogP contribution in [0.4, 0.5) is 0 Å². The SMILES string of the molecule is CC(=O)C1=C[C@H]2C(=O)c3ccccc3C(=O)[C@@H]2O1. The number of allylic oxidation sites excluding steroid dienone is 1. The summed E-state index contributed by atoms with van der Waals surface area (Å²) >= 11 is 0. The van der Waals surface area contributed by atoms with Crippen molar-refractivity contribution in [2.45, 2.75) is 13.0 Å². The highest BCUT2D eigenvalue weighted by molar-refractivity contribution is 6.18. The van der Waals surface area contributed by atoms with E-state index in [1.54, 1.807) is 24.3 Å². The van der Waals surface area contributed by atoms with Crippen LogP contribution >= 0.6 is 0 Å². The summed E-state index contributed by atoms with van der Waals surface area (Å²) in [5.74, 6) is -1.21. The molecule has 0 amide bonds. The van der Waals surface area contributed by atoms with E-state index in [9.17, 15) is 14.4 Å². The second-order valence-electron chi connectivity index (χ2n) is 4.43. The van der Waals surface area contributed by atoms with Crippen LogP contribution in [0.25, 0.3) is 0 Å². The molecule has 3 rings (SSSR count). The van der Waals surface area contributed by atoms with Gasteiger partial charge in [-0.2, -0.15) is 0 Å². The first-order valence-corrected chi connectivity index (χ1v) is 5.66. The Hall–Kier alpha value is -2.23. The fourth-order valence-electron chi connectivity index (χ4n) is 2.38. The van der Waals surface area contributed by atoms with E-state index in [0.717, 1.165) is 0 Å². The lowest BCUT2D eigenvalue weighted by Gasteiger charge is -2.23. The van der Waals surface area contributed by atoms with Crippen LogP contribution in [0.2, 0.25) is 0 Å². The normalized spacial score (nSPS) is 25.1. The molecule has 0 saturated heterocycles. The highest BCUT2D eigenvalue weighted by Gasteiger charge is 2.46. The van der Waals surface area contributed by atoms with Crippen LogP contribution in [0.15, 0.2) is 36.1 Å². The predicted octanol–water partition coefficient (Wildman–Crippen LogP) is 1.55. The van der Waals surface area contributed by atoms with Gasteiger partial charge in [0.1, 0.15) is 0 Å². The minimum absolute atomic E-state index is 0.111. The summed E-state index contributed by atoms with van der Waals surface area (Å²) in [5.41, 5.74) is 0.787. The van der Waals surface area contributed by atoms with Gasteiger partial charge in [0, 0.05) is 18.1 Å². The van der Waals surface area contributed by atoms with Gasteiger partial charge < -0.3 is 4.74 Å². The summed E-state index contributed by atoms with van der Waals surface area (Å²) in [6.45, 7) is 1.35. The molecule has 0 fully saturated rings. The Labute approximate surface area is 103 Å². The minimum atomic E-state index is -0.869. The Bertz CT molecular complexity index is 612. The largest absolute Gasteiger partial charge is 0.478 e. The number of benzene rings is 1. The number of hydrogen-bond donors (Lipinski definition) is 0. The van der Waals surface area contributed by atoms with Crippen LogP contribution in [-0.4, -0.2) is 23.5 Å². The molecule has 2 aliphatic rings. The quantitative estimate of drug-likeness (QED) is 0.749. The zero-order valence-electron chi connectivity index (χ0n) is 9.67. The van der Waals surface area contributed by atoms with E-state index < -0.39 is 12.0 Å². The highest BCUT2D eigenvalue weighted by Crippen LogP contribution is 2.34. The molecular weight excluding hydrogens is 232 g/mol. The summed E-state index contributed by atoms with van der Waals surface area (Å²) in [6, 6.07) is 6.67. The van der Waals surface area contributed by atoms with Gasteiger partial charge in [-0.3, -0.25) is 14.4 Å². The van der Waals surface area contributed by atoms with E-state index >= 15 is 0 Å². The molecule has 18 heavy (non-hydrogen) atoms. The number of hydrogen-bond acceptors (Lipinski definition) is 4. The summed E-state index contributed by atoms with van der Waals surface area (Å²) in [7, 11) is 0. The lowest BCUT2D eigenvalue weighted by Crippen LogP contribution is -2.38. The first kappa shape index (κ1) is 10.9. The molecule has 4 heteroatoms. The fourth-order valence-corrected chi connectivity index (χ4v) is 2.38. The van der Waals surface area contributed by atoms with Crippen LogP contribution in [0.1, 0.15) is 27.6 Å². The molecule has 0 aromatic heterocycles. The molecule has 2 atom stereocenters. The van der Waals surface area contributed by atoms with Gasteiger partial charge in [0.2, 0.25) is 5.78 Å². The molecule has 0 radical (unpaired) electrons. The third kappa shape index (κ3) is 1.35. The minimum Gasteiger partial charge on any atom is -0.478 e. The van der Waals surface area contributed by atoms with Gasteiger partial charge >= 0.3 is 0 Å². The van der Waals surface area contributed by atoms with Gasteiger partial charge in [-0.1, -0.05) is 24.3 Å². The van der Waals surface area contributed by atoms with Crippen LogP contribution in [-0.2, 0) is 9.53 Å². The van der Waals surface area contributed by atoms with Gasteiger partial charge in [0.05, 0.1) is 5.92 Å². The molecule has 0 bridgehead atoms. The van der Waals surface area contributed by atoms with Crippen molar-refractivity contribution < 1.29 is 19.1 Å². The third-order valence-electron chi connectivity index (χ3n) is 3.28. The van der Waals surface area contributed by atoms with E-state index in [1.807, 2.05) is 0 Å². The van der Waals surface area contributed by atoms with E-state index in [4.69, 9.17) is 4.74 Å². The van der Waals surface area contributed by atoms with Gasteiger partial charge in [-0.15, -0.1) is 0 Å². The van der Waals surface area contributed by atoms with Gasteiger partial charge in [0.15, 0.2) is 23.4 Å². The number of fused-ring (bicyclic) bond motifs is 2. The molecule has 1 heterocycles. The molecule has 90 valence electrons. The van der Waals surface area contributed by atoms with Crippen LogP contribution in [0, 0.1) is 5.92 Å². The number of rotatable bonds is 1. The Morgan fingerprint density at radius 3 is 2.33 bits per heavy atom. The van der Waals surface area contributed by atoms with Crippen LogP contribution in [0.3, 0.4) is 0 Å². The lowest BCUT2D eigenvalue weighted by atomic mass is 9.80. The molecule has 0 unspecified atom stereocenters. The van der Waals surface area contributed by atoms with Crippen LogP contribution in [0.5, 0.6) is 0 Å². The molecule has 1 aromatic rings. The second-order valence-corrected chi connectivity index (χ2v) is 4.43. The van der Waals surface area contributed by atoms with Crippen molar-refractivity contribution in [1.29, 1.82) is 0 Å². The topological polar surface area (TPSA) is 60.4 Å². The maximum atomic E-state index is 12.2. The zero-order valence-corrected chi connectivity index (χ0v) is 9.67. The Balaban J connectivity index is 2.10. The van der Waals surface area contributed by atoms with Crippen molar-refractivity contribution in [2.24, 2.45) is 5.92 Å². The van der Waals surface area contributed by atoms with E-state index in [2.05, 4.69) is 0 Å². The number of ether oxygens (including phenoxy) is 1. The molecule has 1 aromatic carbocycles. The predicted molar refractivity (Wildman–Crippen MR) is 62.2 cm³/mol. The fraction of sp³-hybridized carbons (Fsp3) is 0.214. The average molecular weight is 242 g/mol. The second kappa shape index (κ2) is 3.63. The molecule has 4 nitrogen and oxygen atoms in total. The molecule has 0 N–H and O–H groups in total. The Kier molecular flexibility index (Phi) is 2.20. The number of carbonyl (C=O) groups excluding carboxylic acids is 3. The molecule has 1 aliphatic heterocycles. The van der Waals surface area contributed by atoms with Crippen molar-refractivity contribution in [3.8, 4) is 0 Å². The molecule has 1 aliphatic carbocycles. The summed E-state index contributed by atoms with van der Waals surface area (Å²) in [5, 5.41) is 0. The Morgan fingerprint density at radius 2 is 1.72 bits per heavy atom. The third-order valence-corrected chi connectivity index (χ3v) is 3.28. The highest BCUT2D eigenvalue weighted by atomic mass is 16.5. The van der Waals surface area contributed by atoms with Crippen LogP contribution < -0.4 is 0 Å². The van der Waals surface area contributed by atoms with Crippen molar-refractivity contribution in [3.05, 3.63) is 47.2 Å². The number of Topliss-reactive ketones (excluding diaryl/α,β-unsaturated/α-hetero) is 3. The van der Waals surface area contributed by atoms with Gasteiger partial charge in [-0.25, -0.2) is 0 Å². The molecule has 0 spiro atoms. The van der Waals surface area contributed by atoms with Gasteiger partial charge in [-0.05, 0) is 6.08 Å². The van der Waals surface area contributed by atoms with E-state index in [-0.39, 0.29) is 23.1 Å². The number of ketones is 3. The maximum Gasteiger partial charge on any atom is 0.205 e. The monoisotopic (exact) mass is 242 g/mol. The smallest absolute Gasteiger partial charge is 0.205 e. The van der Waals surface area contributed by atoms with E-state index in [0.29, 0.717) is 11.1 Å². The zero-order chi connectivity index (χ0) is 12.9. The standard InChI is InChI=1S/C14H10O4/c1-7(15)11-6-10-12(16)8-4-2-3-5-9(8)13(17)14(10)18-11/h2-6,10,14H,1H3/t10-,14+/m0/s1. The summed E-state index contributed by atoms with van der Waals surface area (Å²) < 4.78 is 5.31. The maximum absolute atomic E-state index is 12.2. The van der Waals surface area contributed by atoms with Gasteiger partial charge in [0.25, 0.3) is 0 Å². The molecule has 0 saturated carbocycles. The molecular formula is C14H10O4. The first-order valence-electron chi connectivity index (χ1n) is 5.66. The number of carbonyl (C=O) groups is 3.